The van der Waals surface area contributed by atoms with Crippen molar-refractivity contribution >= 4 is 16.9 Å². The first kappa shape index (κ1) is 15.9. The van der Waals surface area contributed by atoms with Gasteiger partial charge in [-0.3, -0.25) is 4.99 Å². The van der Waals surface area contributed by atoms with Gasteiger partial charge in [-0.25, -0.2) is 0 Å². The molecule has 1 aromatic carbocycles. The standard InChI is InChI=1S/C19H28N4/c1-14-6-5-11-23(13-14)19(20-3)21-10-9-16-12-22-17-8-4-7-15(2)18(16)17/h4,7-8,12,14,22H,5-6,9-11,13H2,1-3H3,(H,20,21). The predicted octanol–water partition coefficient (Wildman–Crippen LogP) is 3.33. The van der Waals surface area contributed by atoms with Gasteiger partial charge in [0.2, 0.25) is 0 Å². The minimum Gasteiger partial charge on any atom is -0.361 e. The Bertz CT molecular complexity index is 686. The van der Waals surface area contributed by atoms with Crippen molar-refractivity contribution in [2.45, 2.75) is 33.1 Å². The number of piperidine rings is 1. The highest BCUT2D eigenvalue weighted by Crippen LogP contribution is 2.22. The maximum absolute atomic E-state index is 4.47. The van der Waals surface area contributed by atoms with E-state index in [9.17, 15) is 0 Å². The zero-order valence-electron chi connectivity index (χ0n) is 14.5. The van der Waals surface area contributed by atoms with E-state index in [-0.39, 0.29) is 0 Å². The normalized spacial score (nSPS) is 19.3. The second-order valence-corrected chi connectivity index (χ2v) is 6.73. The molecule has 1 saturated heterocycles. The summed E-state index contributed by atoms with van der Waals surface area (Å²) in [5, 5.41) is 4.92. The molecule has 0 spiro atoms. The van der Waals surface area contributed by atoms with Crippen molar-refractivity contribution in [3.05, 3.63) is 35.5 Å². The van der Waals surface area contributed by atoms with E-state index in [0.717, 1.165) is 37.9 Å². The Morgan fingerprint density at radius 1 is 1.43 bits per heavy atom. The van der Waals surface area contributed by atoms with Crippen molar-refractivity contribution in [2.24, 2.45) is 10.9 Å². The van der Waals surface area contributed by atoms with Gasteiger partial charge < -0.3 is 15.2 Å². The fourth-order valence-corrected chi connectivity index (χ4v) is 3.67. The Hall–Kier alpha value is -1.97. The van der Waals surface area contributed by atoms with Gasteiger partial charge in [-0.1, -0.05) is 19.1 Å². The number of guanidine groups is 1. The Morgan fingerprint density at radius 3 is 3.09 bits per heavy atom. The van der Waals surface area contributed by atoms with Crippen LogP contribution >= 0.6 is 0 Å². The Balaban J connectivity index is 1.61. The van der Waals surface area contributed by atoms with Crippen LogP contribution in [0.25, 0.3) is 10.9 Å². The number of aliphatic imine (C=N–C) groups is 1. The number of nitrogens with zero attached hydrogens (tertiary/aromatic N) is 2. The lowest BCUT2D eigenvalue weighted by Gasteiger charge is -2.33. The summed E-state index contributed by atoms with van der Waals surface area (Å²) < 4.78 is 0. The molecular formula is C19H28N4. The molecule has 0 radical (unpaired) electrons. The van der Waals surface area contributed by atoms with E-state index in [0.29, 0.717) is 0 Å². The van der Waals surface area contributed by atoms with E-state index < -0.39 is 0 Å². The number of hydrogen-bond acceptors (Lipinski definition) is 1. The third-order valence-electron chi connectivity index (χ3n) is 4.84. The summed E-state index contributed by atoms with van der Waals surface area (Å²) in [6.45, 7) is 7.66. The van der Waals surface area contributed by atoms with Gasteiger partial charge in [0.15, 0.2) is 5.96 Å². The lowest BCUT2D eigenvalue weighted by molar-refractivity contribution is 0.266. The fraction of sp³-hybridized carbons (Fsp3) is 0.526. The first-order chi connectivity index (χ1) is 11.2. The fourth-order valence-electron chi connectivity index (χ4n) is 3.67. The van der Waals surface area contributed by atoms with Gasteiger partial charge in [-0.05, 0) is 49.3 Å². The molecule has 0 bridgehead atoms. The van der Waals surface area contributed by atoms with Gasteiger partial charge in [-0.2, -0.15) is 0 Å². The topological polar surface area (TPSA) is 43.4 Å². The molecule has 0 aliphatic carbocycles. The van der Waals surface area contributed by atoms with Crippen molar-refractivity contribution in [3.8, 4) is 0 Å². The highest BCUT2D eigenvalue weighted by molar-refractivity contribution is 5.86. The molecule has 124 valence electrons. The molecule has 1 atom stereocenters. The van der Waals surface area contributed by atoms with Crippen LogP contribution < -0.4 is 5.32 Å². The molecule has 4 nitrogen and oxygen atoms in total. The number of H-pyrrole nitrogens is 1. The maximum atomic E-state index is 4.47. The maximum Gasteiger partial charge on any atom is 0.193 e. The molecule has 2 aromatic rings. The Morgan fingerprint density at radius 2 is 2.30 bits per heavy atom. The number of benzene rings is 1. The number of aryl methyl sites for hydroxylation is 1. The van der Waals surface area contributed by atoms with Crippen molar-refractivity contribution in [1.82, 2.24) is 15.2 Å². The molecule has 1 aliphatic heterocycles. The van der Waals surface area contributed by atoms with Gasteiger partial charge in [0.05, 0.1) is 0 Å². The van der Waals surface area contributed by atoms with Crippen LogP contribution in [0.5, 0.6) is 0 Å². The van der Waals surface area contributed by atoms with Crippen LogP contribution in [0.1, 0.15) is 30.9 Å². The summed E-state index contributed by atoms with van der Waals surface area (Å²) >= 11 is 0. The number of rotatable bonds is 3. The molecule has 1 aromatic heterocycles. The SMILES string of the molecule is CN=C(NCCc1c[nH]c2cccc(C)c12)N1CCCC(C)C1. The van der Waals surface area contributed by atoms with Crippen molar-refractivity contribution in [1.29, 1.82) is 0 Å². The second kappa shape index (κ2) is 7.07. The number of nitrogens with one attached hydrogen (secondary N) is 2. The highest BCUT2D eigenvalue weighted by Gasteiger charge is 2.19. The largest absolute Gasteiger partial charge is 0.361 e. The molecule has 4 heteroatoms. The number of likely N-dealkylation sites (tertiary alicyclic amines) is 1. The molecule has 0 saturated carbocycles. The van der Waals surface area contributed by atoms with E-state index in [1.54, 1.807) is 0 Å². The van der Waals surface area contributed by atoms with Gasteiger partial charge >= 0.3 is 0 Å². The molecule has 1 unspecified atom stereocenters. The average Bonchev–Trinajstić information content (AvgIpc) is 2.96. The Kier molecular flexibility index (Phi) is 4.89. The average molecular weight is 312 g/mol. The second-order valence-electron chi connectivity index (χ2n) is 6.73. The first-order valence-electron chi connectivity index (χ1n) is 8.70. The van der Waals surface area contributed by atoms with Crippen LogP contribution in [0.2, 0.25) is 0 Å². The van der Waals surface area contributed by atoms with E-state index in [2.05, 4.69) is 58.4 Å². The van der Waals surface area contributed by atoms with Gasteiger partial charge in [0.25, 0.3) is 0 Å². The predicted molar refractivity (Wildman–Crippen MR) is 98.1 cm³/mol. The molecule has 23 heavy (non-hydrogen) atoms. The van der Waals surface area contributed by atoms with E-state index in [4.69, 9.17) is 0 Å². The molecule has 2 N–H and O–H groups in total. The quantitative estimate of drug-likeness (QED) is 0.674. The van der Waals surface area contributed by atoms with Gasteiger partial charge in [0, 0.05) is 43.8 Å². The zero-order valence-corrected chi connectivity index (χ0v) is 14.5. The lowest BCUT2D eigenvalue weighted by atomic mass is 10.0. The first-order valence-corrected chi connectivity index (χ1v) is 8.70. The minimum absolute atomic E-state index is 0.763. The lowest BCUT2D eigenvalue weighted by Crippen LogP contribution is -2.46. The summed E-state index contributed by atoms with van der Waals surface area (Å²) in [4.78, 5) is 10.2. The summed E-state index contributed by atoms with van der Waals surface area (Å²) in [7, 11) is 1.89. The van der Waals surface area contributed by atoms with E-state index in [1.807, 2.05) is 7.05 Å². The van der Waals surface area contributed by atoms with Gasteiger partial charge in [0.1, 0.15) is 0 Å². The molecule has 0 amide bonds. The third-order valence-corrected chi connectivity index (χ3v) is 4.84. The van der Waals surface area contributed by atoms with Crippen molar-refractivity contribution in [2.75, 3.05) is 26.7 Å². The van der Waals surface area contributed by atoms with Crippen LogP contribution in [0.4, 0.5) is 0 Å². The molecule has 1 aliphatic rings. The van der Waals surface area contributed by atoms with Crippen LogP contribution in [-0.2, 0) is 6.42 Å². The zero-order chi connectivity index (χ0) is 16.2. The van der Waals surface area contributed by atoms with Crippen LogP contribution in [0.3, 0.4) is 0 Å². The van der Waals surface area contributed by atoms with Crippen LogP contribution in [-0.4, -0.2) is 42.5 Å². The van der Waals surface area contributed by atoms with Gasteiger partial charge in [-0.15, -0.1) is 0 Å². The van der Waals surface area contributed by atoms with Crippen LogP contribution in [0.15, 0.2) is 29.4 Å². The van der Waals surface area contributed by atoms with Crippen molar-refractivity contribution < 1.29 is 0 Å². The van der Waals surface area contributed by atoms with Crippen LogP contribution in [0, 0.1) is 12.8 Å². The van der Waals surface area contributed by atoms with Crippen molar-refractivity contribution in [3.63, 3.8) is 0 Å². The highest BCUT2D eigenvalue weighted by atomic mass is 15.3. The number of hydrogen-bond donors (Lipinski definition) is 2. The summed E-state index contributed by atoms with van der Waals surface area (Å²) in [6.07, 6.45) is 5.75. The minimum atomic E-state index is 0.763. The monoisotopic (exact) mass is 312 g/mol. The third kappa shape index (κ3) is 3.52. The number of fused-ring (bicyclic) bond motifs is 1. The van der Waals surface area contributed by atoms with E-state index in [1.165, 1.54) is 34.9 Å². The number of aromatic amines is 1. The number of aromatic nitrogens is 1. The molecule has 2 heterocycles. The smallest absolute Gasteiger partial charge is 0.193 e. The molecular weight excluding hydrogens is 284 g/mol. The molecule has 3 rings (SSSR count). The summed E-state index contributed by atoms with van der Waals surface area (Å²) in [6, 6.07) is 6.43. The summed E-state index contributed by atoms with van der Waals surface area (Å²) in [5.41, 5.74) is 3.95. The molecule has 1 fully saturated rings. The summed E-state index contributed by atoms with van der Waals surface area (Å²) in [5.74, 6) is 1.81. The van der Waals surface area contributed by atoms with E-state index >= 15 is 0 Å². The Labute approximate surface area is 139 Å².